The number of unbranched alkanes of at least 4 members (excludes halogenated alkanes) is 24. The highest BCUT2D eigenvalue weighted by Gasteiger charge is 2.28. The lowest BCUT2D eigenvalue weighted by atomic mass is 10.0. The summed E-state index contributed by atoms with van der Waals surface area (Å²) in [5, 5.41) is 2.55. The van der Waals surface area contributed by atoms with Crippen LogP contribution >= 0.6 is 7.82 Å². The Morgan fingerprint density at radius 3 is 1.38 bits per heavy atom. The van der Waals surface area contributed by atoms with Crippen molar-refractivity contribution in [3.8, 4) is 0 Å². The van der Waals surface area contributed by atoms with E-state index < -0.39 is 19.9 Å². The molecule has 0 fully saturated rings. The van der Waals surface area contributed by atoms with Crippen LogP contribution in [0.3, 0.4) is 0 Å². The van der Waals surface area contributed by atoms with Crippen molar-refractivity contribution in [1.82, 2.24) is 5.32 Å². The van der Waals surface area contributed by atoms with Crippen molar-refractivity contribution in [2.24, 2.45) is 0 Å². The van der Waals surface area contributed by atoms with Crippen LogP contribution in [0.2, 0.25) is 0 Å². The van der Waals surface area contributed by atoms with Crippen molar-refractivity contribution in [3.05, 3.63) is 0 Å². The number of nitrogens with one attached hydrogen (secondary N) is 1. The molecule has 0 bridgehead atoms. The quantitative estimate of drug-likeness (QED) is 0.0363. The monoisotopic (exact) mass is 778 g/mol. The fourth-order valence-corrected chi connectivity index (χ4v) is 6.99. The summed E-state index contributed by atoms with van der Waals surface area (Å²) in [7, 11) is -1.45. The van der Waals surface area contributed by atoms with Gasteiger partial charge in [0.25, 0.3) is 0 Å². The van der Waals surface area contributed by atoms with E-state index in [4.69, 9.17) is 27.8 Å². The maximum atomic E-state index is 13.0. The molecule has 53 heavy (non-hydrogen) atoms. The fraction of sp³-hybridized carbons (Fsp3) is 0.927. The van der Waals surface area contributed by atoms with Crippen molar-refractivity contribution in [2.75, 3.05) is 47.2 Å². The summed E-state index contributed by atoms with van der Waals surface area (Å²) in [5.74, 6) is -1.15. The van der Waals surface area contributed by atoms with Gasteiger partial charge in [-0.05, 0) is 12.8 Å². The van der Waals surface area contributed by atoms with E-state index in [2.05, 4.69) is 19.2 Å². The molecule has 0 aliphatic heterocycles. The van der Waals surface area contributed by atoms with E-state index in [1.807, 2.05) is 0 Å². The van der Waals surface area contributed by atoms with Crippen molar-refractivity contribution in [1.29, 1.82) is 0 Å². The second-order valence-corrected chi connectivity index (χ2v) is 16.1. The lowest BCUT2D eigenvalue weighted by Gasteiger charge is -2.21. The van der Waals surface area contributed by atoms with Gasteiger partial charge in [-0.3, -0.25) is 28.0 Å². The van der Waals surface area contributed by atoms with Crippen molar-refractivity contribution < 1.29 is 46.7 Å². The highest BCUT2D eigenvalue weighted by atomic mass is 31.2. The van der Waals surface area contributed by atoms with Gasteiger partial charge in [-0.2, -0.15) is 0 Å². The van der Waals surface area contributed by atoms with Gasteiger partial charge in [0.2, 0.25) is 5.91 Å². The van der Waals surface area contributed by atoms with Crippen LogP contribution in [0.15, 0.2) is 0 Å². The molecule has 314 valence electrons. The molecular weight excluding hydrogens is 697 g/mol. The van der Waals surface area contributed by atoms with Gasteiger partial charge in [0.15, 0.2) is 6.10 Å². The van der Waals surface area contributed by atoms with Crippen molar-refractivity contribution >= 4 is 25.7 Å². The number of phosphoric ester groups is 1. The number of phosphoric acid groups is 1. The molecule has 11 nitrogen and oxygen atoms in total. The molecule has 0 aliphatic rings. The lowest BCUT2D eigenvalue weighted by Crippen LogP contribution is -2.31. The Kier molecular flexibility index (Phi) is 37.6. The van der Waals surface area contributed by atoms with E-state index >= 15 is 0 Å². The summed E-state index contributed by atoms with van der Waals surface area (Å²) < 4.78 is 44.5. The normalized spacial score (nSPS) is 13.1. The molecule has 0 aromatic heterocycles. The first-order valence-electron chi connectivity index (χ1n) is 21.4. The predicted molar refractivity (Wildman–Crippen MR) is 213 cm³/mol. The van der Waals surface area contributed by atoms with Gasteiger partial charge in [0.1, 0.15) is 13.2 Å². The number of hydrogen-bond donors (Lipinski definition) is 1. The zero-order valence-corrected chi connectivity index (χ0v) is 35.3. The minimum atomic E-state index is -4.03. The van der Waals surface area contributed by atoms with Gasteiger partial charge in [0, 0.05) is 33.6 Å². The number of rotatable bonds is 41. The van der Waals surface area contributed by atoms with Gasteiger partial charge < -0.3 is 19.5 Å². The summed E-state index contributed by atoms with van der Waals surface area (Å²) in [4.78, 5) is 36.8. The molecule has 0 saturated heterocycles. The van der Waals surface area contributed by atoms with Crippen LogP contribution in [0.5, 0.6) is 0 Å². The highest BCUT2D eigenvalue weighted by molar-refractivity contribution is 7.48. The summed E-state index contributed by atoms with van der Waals surface area (Å²) >= 11 is 0. The van der Waals surface area contributed by atoms with Crippen LogP contribution in [0.25, 0.3) is 0 Å². The number of esters is 2. The average Bonchev–Trinajstić information content (AvgIpc) is 3.15. The van der Waals surface area contributed by atoms with Crippen LogP contribution in [-0.4, -0.2) is 71.1 Å². The topological polar surface area (TPSA) is 136 Å². The summed E-state index contributed by atoms with van der Waals surface area (Å²) in [6.45, 7) is 3.73. The smallest absolute Gasteiger partial charge is 0.462 e. The van der Waals surface area contributed by atoms with Crippen LogP contribution < -0.4 is 5.32 Å². The minimum Gasteiger partial charge on any atom is -0.462 e. The van der Waals surface area contributed by atoms with E-state index in [-0.39, 0.29) is 57.7 Å². The summed E-state index contributed by atoms with van der Waals surface area (Å²) in [5.41, 5.74) is 0. The molecule has 1 N–H and O–H groups in total. The Labute approximate surface area is 324 Å². The molecule has 0 aromatic rings. The highest BCUT2D eigenvalue weighted by Crippen LogP contribution is 2.48. The third kappa shape index (κ3) is 35.9. The summed E-state index contributed by atoms with van der Waals surface area (Å²) in [6, 6.07) is 0. The number of hydrogen-bond acceptors (Lipinski definition) is 10. The van der Waals surface area contributed by atoms with Crippen LogP contribution in [0.4, 0.5) is 0 Å². The zero-order chi connectivity index (χ0) is 39.1. The molecule has 0 heterocycles. The average molecular weight is 778 g/mol. The summed E-state index contributed by atoms with van der Waals surface area (Å²) in [6.07, 6.45) is 31.1. The Morgan fingerprint density at radius 1 is 0.547 bits per heavy atom. The second kappa shape index (κ2) is 38.7. The van der Waals surface area contributed by atoms with Crippen LogP contribution in [0.1, 0.15) is 194 Å². The molecule has 1 amide bonds. The van der Waals surface area contributed by atoms with Crippen LogP contribution in [-0.2, 0) is 46.7 Å². The molecule has 0 rings (SSSR count). The van der Waals surface area contributed by atoms with E-state index in [1.165, 1.54) is 143 Å². The third-order valence-electron chi connectivity index (χ3n) is 9.29. The standard InChI is InChI=1S/C41H80NO10P/c1-5-7-9-11-13-15-17-19-21-23-25-27-29-31-40(44)49-35-38(36-51-53(46,48-4)50-34-33-42-39(43)37-47-3)52-41(45)32-30-28-26-24-22-20-18-16-14-12-10-8-6-2/h38H,5-37H2,1-4H3,(H,42,43). The molecule has 0 aromatic carbocycles. The fourth-order valence-electron chi connectivity index (χ4n) is 6.04. The molecule has 0 aliphatic carbocycles. The molecule has 0 spiro atoms. The molecule has 12 heteroatoms. The number of ether oxygens (including phenoxy) is 3. The maximum absolute atomic E-state index is 13.0. The van der Waals surface area contributed by atoms with E-state index in [0.29, 0.717) is 6.42 Å². The van der Waals surface area contributed by atoms with Gasteiger partial charge in [-0.15, -0.1) is 0 Å². The van der Waals surface area contributed by atoms with E-state index in [9.17, 15) is 18.9 Å². The Bertz CT molecular complexity index is 906. The largest absolute Gasteiger partial charge is 0.474 e. The van der Waals surface area contributed by atoms with Gasteiger partial charge in [0.05, 0.1) is 13.2 Å². The van der Waals surface area contributed by atoms with Crippen molar-refractivity contribution in [3.63, 3.8) is 0 Å². The molecular formula is C41H80NO10P. The first-order valence-corrected chi connectivity index (χ1v) is 22.8. The maximum Gasteiger partial charge on any atom is 0.474 e. The van der Waals surface area contributed by atoms with Gasteiger partial charge in [-0.1, -0.05) is 168 Å². The van der Waals surface area contributed by atoms with Gasteiger partial charge >= 0.3 is 19.8 Å². The van der Waals surface area contributed by atoms with E-state index in [1.54, 1.807) is 0 Å². The first-order chi connectivity index (χ1) is 25.8. The van der Waals surface area contributed by atoms with Crippen LogP contribution in [0, 0.1) is 0 Å². The Morgan fingerprint density at radius 2 is 0.962 bits per heavy atom. The molecule has 2 atom stereocenters. The van der Waals surface area contributed by atoms with Gasteiger partial charge in [-0.25, -0.2) is 4.57 Å². The SMILES string of the molecule is CCCCCCCCCCCCCCCC(=O)OCC(COP(=O)(OC)OCCNC(=O)COC)OC(=O)CCCCCCCCCCCCCCC. The number of amides is 1. The zero-order valence-electron chi connectivity index (χ0n) is 34.4. The lowest BCUT2D eigenvalue weighted by molar-refractivity contribution is -0.161. The number of carbonyl (C=O) groups is 3. The van der Waals surface area contributed by atoms with Crippen molar-refractivity contribution in [2.45, 2.75) is 200 Å². The minimum absolute atomic E-state index is 0.0627. The number of carbonyl (C=O) groups excluding carboxylic acids is 3. The van der Waals surface area contributed by atoms with E-state index in [0.717, 1.165) is 32.1 Å². The third-order valence-corrected chi connectivity index (χ3v) is 10.7. The first kappa shape index (κ1) is 51.5. The second-order valence-electron chi connectivity index (χ2n) is 14.3. The molecule has 2 unspecified atom stereocenters. The molecule has 0 saturated carbocycles. The molecule has 0 radical (unpaired) electrons. The number of methoxy groups -OCH3 is 1. The Hall–Kier alpha value is -1.52. The predicted octanol–water partition coefficient (Wildman–Crippen LogP) is 11.0. The Balaban J connectivity index is 4.53.